The summed E-state index contributed by atoms with van der Waals surface area (Å²) in [5.74, 6) is 0.732. The standard InChI is InChI=1S/C55H39GeN3/c1-55(2)45-30-15-12-28-43(45)49-46(55)34-33-42-41-27-14-17-32-48(41)59(53(42)49)40-26-18-21-37(35-40)54-57-51(36-19-6-3-7-20-36)50-52(58-54)44-29-13-16-31-47(44)56(50,38-22-8-4-9-23-38)39-24-10-5-11-25-39/h3-35H,1-2H3. The van der Waals surface area contributed by atoms with Crippen molar-refractivity contribution in [3.05, 3.63) is 211 Å². The molecule has 0 saturated carbocycles. The van der Waals surface area contributed by atoms with Crippen LogP contribution in [0, 0.1) is 0 Å². The molecule has 0 radical (unpaired) electrons. The van der Waals surface area contributed by atoms with Crippen molar-refractivity contribution in [1.82, 2.24) is 14.5 Å². The molecule has 8 aromatic carbocycles. The van der Waals surface area contributed by atoms with Gasteiger partial charge in [0.25, 0.3) is 0 Å². The van der Waals surface area contributed by atoms with Gasteiger partial charge >= 0.3 is 316 Å². The number of para-hydroxylation sites is 1. The van der Waals surface area contributed by atoms with E-state index in [0.717, 1.165) is 34.0 Å². The number of rotatable bonds is 5. The Kier molecular flexibility index (Phi) is 7.45. The van der Waals surface area contributed by atoms with Gasteiger partial charge in [-0.2, -0.15) is 0 Å². The average Bonchev–Trinajstić information content (AvgIpc) is 3.89. The van der Waals surface area contributed by atoms with Crippen LogP contribution in [-0.4, -0.2) is 27.8 Å². The van der Waals surface area contributed by atoms with Gasteiger partial charge < -0.3 is 0 Å². The zero-order chi connectivity index (χ0) is 39.3. The van der Waals surface area contributed by atoms with Crippen LogP contribution < -0.4 is 17.6 Å². The van der Waals surface area contributed by atoms with Crippen LogP contribution in [0.3, 0.4) is 0 Å². The van der Waals surface area contributed by atoms with Crippen molar-refractivity contribution >= 4 is 52.7 Å². The molecule has 0 bridgehead atoms. The summed E-state index contributed by atoms with van der Waals surface area (Å²) in [7, 11) is 0. The molecule has 0 saturated heterocycles. The number of nitrogens with zero attached hydrogens (tertiary/aromatic N) is 3. The van der Waals surface area contributed by atoms with E-state index in [2.05, 4.69) is 219 Å². The molecule has 12 rings (SSSR count). The molecule has 2 aliphatic rings. The Morgan fingerprint density at radius 3 is 1.85 bits per heavy atom. The van der Waals surface area contributed by atoms with E-state index in [0.29, 0.717) is 0 Å². The molecule has 3 heterocycles. The van der Waals surface area contributed by atoms with Gasteiger partial charge in [0.1, 0.15) is 0 Å². The topological polar surface area (TPSA) is 30.7 Å². The van der Waals surface area contributed by atoms with Crippen molar-refractivity contribution in [2.24, 2.45) is 0 Å². The molecule has 1 aliphatic heterocycles. The molecule has 4 heteroatoms. The van der Waals surface area contributed by atoms with Crippen LogP contribution in [0.15, 0.2) is 200 Å². The molecular weight excluding hydrogens is 775 g/mol. The van der Waals surface area contributed by atoms with Gasteiger partial charge in [-0.15, -0.1) is 0 Å². The van der Waals surface area contributed by atoms with Gasteiger partial charge in [0, 0.05) is 0 Å². The first-order valence-electron chi connectivity index (χ1n) is 20.5. The molecule has 0 atom stereocenters. The molecule has 0 fully saturated rings. The van der Waals surface area contributed by atoms with Gasteiger partial charge in [0.2, 0.25) is 0 Å². The van der Waals surface area contributed by atoms with Crippen molar-refractivity contribution in [3.8, 4) is 50.7 Å². The monoisotopic (exact) mass is 815 g/mol. The summed E-state index contributed by atoms with van der Waals surface area (Å²) in [6, 6.07) is 73.6. The SMILES string of the molecule is CC1(C)c2ccccc2-c2c1ccc1c3ccccc3n(-c3cccc(-c4nc(-c5ccccc5)[c]5c(n4)-c4cccc[c]4[Ge]5([c]4ccccc4)[c]4ccccc4)c3)c21. The Balaban J connectivity index is 1.15. The summed E-state index contributed by atoms with van der Waals surface area (Å²) in [5, 5.41) is 2.51. The number of benzene rings is 8. The Morgan fingerprint density at radius 2 is 1.08 bits per heavy atom. The minimum absolute atomic E-state index is 0.106. The second-order valence-electron chi connectivity index (χ2n) is 16.5. The molecule has 2 aromatic heterocycles. The van der Waals surface area contributed by atoms with Crippen molar-refractivity contribution in [2.75, 3.05) is 0 Å². The van der Waals surface area contributed by atoms with Gasteiger partial charge in [-0.3, -0.25) is 0 Å². The first-order valence-corrected chi connectivity index (χ1v) is 24.7. The number of hydrogen-bond donors (Lipinski definition) is 0. The second kappa shape index (κ2) is 12.8. The molecule has 0 amide bonds. The molecule has 0 N–H and O–H groups in total. The molecule has 10 aromatic rings. The molecular formula is C55H39GeN3. The Hall–Kier alpha value is -6.82. The van der Waals surface area contributed by atoms with E-state index in [1.54, 1.807) is 0 Å². The van der Waals surface area contributed by atoms with Crippen LogP contribution in [0.5, 0.6) is 0 Å². The second-order valence-corrected chi connectivity index (χ2v) is 24.2. The predicted octanol–water partition coefficient (Wildman–Crippen LogP) is 10.6. The maximum absolute atomic E-state index is 5.69. The van der Waals surface area contributed by atoms with E-state index in [-0.39, 0.29) is 5.41 Å². The molecule has 0 spiro atoms. The third-order valence-corrected chi connectivity index (χ3v) is 23.3. The number of hydrogen-bond acceptors (Lipinski definition) is 2. The van der Waals surface area contributed by atoms with Crippen LogP contribution in [0.4, 0.5) is 0 Å². The average molecular weight is 815 g/mol. The third-order valence-electron chi connectivity index (χ3n) is 13.1. The molecule has 59 heavy (non-hydrogen) atoms. The maximum atomic E-state index is 5.69. The molecule has 278 valence electrons. The molecule has 1 aliphatic carbocycles. The Morgan fingerprint density at radius 1 is 0.475 bits per heavy atom. The van der Waals surface area contributed by atoms with Crippen molar-refractivity contribution in [3.63, 3.8) is 0 Å². The first-order chi connectivity index (χ1) is 29.0. The van der Waals surface area contributed by atoms with Crippen LogP contribution in [0.2, 0.25) is 0 Å². The van der Waals surface area contributed by atoms with Gasteiger partial charge in [-0.1, -0.05) is 32.0 Å². The van der Waals surface area contributed by atoms with E-state index in [1.807, 2.05) is 0 Å². The van der Waals surface area contributed by atoms with Crippen molar-refractivity contribution < 1.29 is 0 Å². The summed E-state index contributed by atoms with van der Waals surface area (Å²) in [6.45, 7) is 4.72. The summed E-state index contributed by atoms with van der Waals surface area (Å²) in [6.07, 6.45) is 0. The van der Waals surface area contributed by atoms with Crippen LogP contribution >= 0.6 is 0 Å². The zero-order valence-corrected chi connectivity index (χ0v) is 35.0. The summed E-state index contributed by atoms with van der Waals surface area (Å²) >= 11 is -3.66. The van der Waals surface area contributed by atoms with E-state index < -0.39 is 13.3 Å². The minimum atomic E-state index is -3.66. The molecule has 0 unspecified atom stereocenters. The van der Waals surface area contributed by atoms with Crippen LogP contribution in [0.25, 0.3) is 72.5 Å². The van der Waals surface area contributed by atoms with E-state index >= 15 is 0 Å². The third kappa shape index (κ3) is 4.77. The number of aromatic nitrogens is 3. The summed E-state index contributed by atoms with van der Waals surface area (Å²) < 4.78 is 7.94. The van der Waals surface area contributed by atoms with Crippen molar-refractivity contribution in [2.45, 2.75) is 19.3 Å². The van der Waals surface area contributed by atoms with E-state index in [4.69, 9.17) is 9.97 Å². The molecule has 3 nitrogen and oxygen atoms in total. The summed E-state index contributed by atoms with van der Waals surface area (Å²) in [4.78, 5) is 11.4. The fourth-order valence-corrected chi connectivity index (χ4v) is 21.5. The normalized spacial score (nSPS) is 14.2. The Labute approximate surface area is 346 Å². The summed E-state index contributed by atoms with van der Waals surface area (Å²) in [5.41, 5.74) is 14.2. The van der Waals surface area contributed by atoms with Crippen LogP contribution in [0.1, 0.15) is 25.0 Å². The predicted molar refractivity (Wildman–Crippen MR) is 247 cm³/mol. The Bertz CT molecular complexity index is 3250. The van der Waals surface area contributed by atoms with Crippen molar-refractivity contribution in [1.29, 1.82) is 0 Å². The first kappa shape index (κ1) is 34.2. The van der Waals surface area contributed by atoms with Gasteiger partial charge in [0.15, 0.2) is 0 Å². The zero-order valence-electron chi connectivity index (χ0n) is 32.9. The van der Waals surface area contributed by atoms with Gasteiger partial charge in [-0.25, -0.2) is 0 Å². The fourth-order valence-electron chi connectivity index (χ4n) is 10.5. The fraction of sp³-hybridized carbons (Fsp3) is 0.0545. The number of fused-ring (bicyclic) bond motifs is 10. The van der Waals surface area contributed by atoms with Gasteiger partial charge in [0.05, 0.1) is 0 Å². The van der Waals surface area contributed by atoms with Gasteiger partial charge in [-0.05, 0) is 0 Å². The quantitative estimate of drug-likeness (QED) is 0.162. The van der Waals surface area contributed by atoms with E-state index in [1.165, 1.54) is 67.2 Å². The van der Waals surface area contributed by atoms with E-state index in [9.17, 15) is 0 Å². The van der Waals surface area contributed by atoms with Crippen LogP contribution in [-0.2, 0) is 5.41 Å².